The summed E-state index contributed by atoms with van der Waals surface area (Å²) in [6.45, 7) is 5.68. The standard InChI is InChI=1S/C14H17N3O3/c1-10(2)7-15-9-14-16-8-13(20-14)11-4-3-5-12(6-11)17(18)19/h3-6,8,10,15H,7,9H2,1-2H3. The molecule has 0 amide bonds. The monoisotopic (exact) mass is 275 g/mol. The number of oxazole rings is 1. The Morgan fingerprint density at radius 1 is 1.45 bits per heavy atom. The molecule has 1 N–H and O–H groups in total. The number of hydrogen-bond donors (Lipinski definition) is 1. The summed E-state index contributed by atoms with van der Waals surface area (Å²) in [5.74, 6) is 1.67. The maximum absolute atomic E-state index is 10.7. The van der Waals surface area contributed by atoms with Crippen LogP contribution in [0.4, 0.5) is 5.69 Å². The van der Waals surface area contributed by atoms with Gasteiger partial charge < -0.3 is 9.73 Å². The van der Waals surface area contributed by atoms with Crippen molar-refractivity contribution >= 4 is 5.69 Å². The van der Waals surface area contributed by atoms with Crippen molar-refractivity contribution in [2.75, 3.05) is 6.54 Å². The van der Waals surface area contributed by atoms with Crippen LogP contribution in [0.2, 0.25) is 0 Å². The summed E-state index contributed by atoms with van der Waals surface area (Å²) in [4.78, 5) is 14.5. The highest BCUT2D eigenvalue weighted by Gasteiger charge is 2.11. The largest absolute Gasteiger partial charge is 0.439 e. The number of rotatable bonds is 6. The smallest absolute Gasteiger partial charge is 0.270 e. The van der Waals surface area contributed by atoms with Crippen LogP contribution in [0.1, 0.15) is 19.7 Å². The molecule has 20 heavy (non-hydrogen) atoms. The maximum Gasteiger partial charge on any atom is 0.270 e. The van der Waals surface area contributed by atoms with E-state index < -0.39 is 4.92 Å². The zero-order valence-corrected chi connectivity index (χ0v) is 11.5. The van der Waals surface area contributed by atoms with Gasteiger partial charge in [-0.25, -0.2) is 4.98 Å². The second kappa shape index (κ2) is 6.29. The first-order chi connectivity index (χ1) is 9.56. The van der Waals surface area contributed by atoms with Gasteiger partial charge in [-0.05, 0) is 12.5 Å². The zero-order valence-electron chi connectivity index (χ0n) is 11.5. The van der Waals surface area contributed by atoms with Crippen LogP contribution in [0.15, 0.2) is 34.9 Å². The fourth-order valence-corrected chi connectivity index (χ4v) is 1.77. The summed E-state index contributed by atoms with van der Waals surface area (Å²) in [5, 5.41) is 14.0. The van der Waals surface area contributed by atoms with Crippen LogP contribution in [-0.2, 0) is 6.54 Å². The molecule has 0 radical (unpaired) electrons. The molecule has 1 heterocycles. The highest BCUT2D eigenvalue weighted by molar-refractivity contribution is 5.60. The minimum atomic E-state index is -0.426. The van der Waals surface area contributed by atoms with Gasteiger partial charge >= 0.3 is 0 Å². The lowest BCUT2D eigenvalue weighted by Crippen LogP contribution is -2.18. The van der Waals surface area contributed by atoms with E-state index in [9.17, 15) is 10.1 Å². The van der Waals surface area contributed by atoms with Crippen LogP contribution in [0.3, 0.4) is 0 Å². The fraction of sp³-hybridized carbons (Fsp3) is 0.357. The Bertz CT molecular complexity index is 593. The van der Waals surface area contributed by atoms with E-state index in [4.69, 9.17) is 4.42 Å². The summed E-state index contributed by atoms with van der Waals surface area (Å²) >= 11 is 0. The van der Waals surface area contributed by atoms with Crippen LogP contribution in [0.5, 0.6) is 0 Å². The second-order valence-corrected chi connectivity index (χ2v) is 4.95. The number of nitro groups is 1. The number of benzene rings is 1. The van der Waals surface area contributed by atoms with Gasteiger partial charge in [0.2, 0.25) is 5.89 Å². The molecule has 6 nitrogen and oxygen atoms in total. The van der Waals surface area contributed by atoms with Gasteiger partial charge in [-0.15, -0.1) is 0 Å². The molecule has 1 aromatic carbocycles. The van der Waals surface area contributed by atoms with Gasteiger partial charge in [0.05, 0.1) is 17.7 Å². The number of nitrogens with one attached hydrogen (secondary N) is 1. The lowest BCUT2D eigenvalue weighted by molar-refractivity contribution is -0.384. The number of hydrogen-bond acceptors (Lipinski definition) is 5. The molecule has 2 aromatic rings. The van der Waals surface area contributed by atoms with Crippen LogP contribution < -0.4 is 5.32 Å². The number of nitrogens with zero attached hydrogens (tertiary/aromatic N) is 2. The van der Waals surface area contributed by atoms with Crippen molar-refractivity contribution in [2.24, 2.45) is 5.92 Å². The van der Waals surface area contributed by atoms with Crippen molar-refractivity contribution < 1.29 is 9.34 Å². The van der Waals surface area contributed by atoms with Gasteiger partial charge in [-0.1, -0.05) is 26.0 Å². The van der Waals surface area contributed by atoms with Crippen molar-refractivity contribution in [3.05, 3.63) is 46.5 Å². The summed E-state index contributed by atoms with van der Waals surface area (Å²) in [7, 11) is 0. The van der Waals surface area contributed by atoms with E-state index in [1.54, 1.807) is 18.3 Å². The Morgan fingerprint density at radius 3 is 2.95 bits per heavy atom. The third-order valence-electron chi connectivity index (χ3n) is 2.72. The van der Waals surface area contributed by atoms with E-state index in [0.29, 0.717) is 29.7 Å². The highest BCUT2D eigenvalue weighted by atomic mass is 16.6. The summed E-state index contributed by atoms with van der Waals surface area (Å²) < 4.78 is 5.59. The predicted molar refractivity (Wildman–Crippen MR) is 75.1 cm³/mol. The van der Waals surface area contributed by atoms with Crippen molar-refractivity contribution in [1.82, 2.24) is 10.3 Å². The van der Waals surface area contributed by atoms with Crippen molar-refractivity contribution in [3.8, 4) is 11.3 Å². The first-order valence-electron chi connectivity index (χ1n) is 6.46. The third-order valence-corrected chi connectivity index (χ3v) is 2.72. The van der Waals surface area contributed by atoms with E-state index in [2.05, 4.69) is 24.1 Å². The first-order valence-corrected chi connectivity index (χ1v) is 6.46. The van der Waals surface area contributed by atoms with Crippen LogP contribution >= 0.6 is 0 Å². The molecule has 0 aliphatic rings. The number of aromatic nitrogens is 1. The van der Waals surface area contributed by atoms with Crippen LogP contribution in [0, 0.1) is 16.0 Å². The van der Waals surface area contributed by atoms with E-state index >= 15 is 0 Å². The molecule has 0 aliphatic carbocycles. The molecule has 0 bridgehead atoms. The Morgan fingerprint density at radius 2 is 2.25 bits per heavy atom. The molecule has 106 valence electrons. The van der Waals surface area contributed by atoms with Crippen molar-refractivity contribution in [1.29, 1.82) is 0 Å². The molecule has 0 saturated heterocycles. The summed E-state index contributed by atoms with van der Waals surface area (Å²) in [5.41, 5.74) is 0.695. The quantitative estimate of drug-likeness (QED) is 0.647. The molecule has 0 fully saturated rings. The molecule has 1 aromatic heterocycles. The minimum absolute atomic E-state index is 0.0402. The SMILES string of the molecule is CC(C)CNCc1ncc(-c2cccc([N+](=O)[O-])c2)o1. The lowest BCUT2D eigenvalue weighted by atomic mass is 10.2. The molecule has 6 heteroatoms. The Balaban J connectivity index is 2.08. The molecule has 0 unspecified atom stereocenters. The molecular weight excluding hydrogens is 258 g/mol. The lowest BCUT2D eigenvalue weighted by Gasteiger charge is -2.04. The average Bonchev–Trinajstić information content (AvgIpc) is 2.87. The molecule has 0 atom stereocenters. The topological polar surface area (TPSA) is 81.2 Å². The van der Waals surface area contributed by atoms with Gasteiger partial charge in [0.25, 0.3) is 5.69 Å². The molecule has 0 saturated carbocycles. The van der Waals surface area contributed by atoms with Gasteiger partial charge in [0.1, 0.15) is 0 Å². The minimum Gasteiger partial charge on any atom is -0.439 e. The number of non-ortho nitro benzene ring substituents is 1. The van der Waals surface area contributed by atoms with E-state index in [0.717, 1.165) is 6.54 Å². The Kier molecular flexibility index (Phi) is 4.47. The maximum atomic E-state index is 10.7. The third kappa shape index (κ3) is 3.64. The van der Waals surface area contributed by atoms with Crippen LogP contribution in [0.25, 0.3) is 11.3 Å². The molecular formula is C14H17N3O3. The average molecular weight is 275 g/mol. The van der Waals surface area contributed by atoms with Gasteiger partial charge in [-0.2, -0.15) is 0 Å². The van der Waals surface area contributed by atoms with Crippen molar-refractivity contribution in [3.63, 3.8) is 0 Å². The highest BCUT2D eigenvalue weighted by Crippen LogP contribution is 2.24. The van der Waals surface area contributed by atoms with Gasteiger partial charge in [-0.3, -0.25) is 10.1 Å². The normalized spacial score (nSPS) is 10.9. The molecule has 0 aliphatic heterocycles. The molecule has 0 spiro atoms. The predicted octanol–water partition coefficient (Wildman–Crippen LogP) is 3.00. The first kappa shape index (κ1) is 14.2. The van der Waals surface area contributed by atoms with Gasteiger partial charge in [0, 0.05) is 17.7 Å². The Hall–Kier alpha value is -2.21. The Labute approximate surface area is 117 Å². The summed E-state index contributed by atoms with van der Waals surface area (Å²) in [6.07, 6.45) is 1.59. The van der Waals surface area contributed by atoms with E-state index in [1.807, 2.05) is 0 Å². The van der Waals surface area contributed by atoms with E-state index in [1.165, 1.54) is 12.1 Å². The fourth-order valence-electron chi connectivity index (χ4n) is 1.77. The van der Waals surface area contributed by atoms with Crippen molar-refractivity contribution in [2.45, 2.75) is 20.4 Å². The zero-order chi connectivity index (χ0) is 14.5. The van der Waals surface area contributed by atoms with E-state index in [-0.39, 0.29) is 5.69 Å². The summed E-state index contributed by atoms with van der Waals surface area (Å²) in [6, 6.07) is 6.32. The van der Waals surface area contributed by atoms with Gasteiger partial charge in [0.15, 0.2) is 5.76 Å². The van der Waals surface area contributed by atoms with Crippen LogP contribution in [-0.4, -0.2) is 16.5 Å². The second-order valence-electron chi connectivity index (χ2n) is 4.95. The number of nitro benzene ring substituents is 1. The molecule has 2 rings (SSSR count).